The second-order valence-electron chi connectivity index (χ2n) is 8.01. The van der Waals surface area contributed by atoms with Crippen molar-refractivity contribution in [2.45, 2.75) is 38.5 Å². The molecule has 0 unspecified atom stereocenters. The van der Waals surface area contributed by atoms with Crippen LogP contribution in [-0.2, 0) is 4.74 Å². The summed E-state index contributed by atoms with van der Waals surface area (Å²) in [6.45, 7) is 1.66. The number of carbonyl (C=O) groups excluding carboxylic acids is 3. The molecule has 11 heteroatoms. The number of unbranched alkanes of at least 4 members (excludes halogenated alkanes) is 1. The zero-order valence-electron chi connectivity index (χ0n) is 20.0. The normalized spacial score (nSPS) is 11.9. The smallest absolute Gasteiger partial charge is 0.425 e. The van der Waals surface area contributed by atoms with E-state index in [1.165, 1.54) is 48.5 Å². The van der Waals surface area contributed by atoms with Crippen LogP contribution in [0, 0.1) is 5.82 Å². The van der Waals surface area contributed by atoms with E-state index < -0.39 is 53.7 Å². The van der Waals surface area contributed by atoms with Gasteiger partial charge in [-0.3, -0.25) is 0 Å². The van der Waals surface area contributed by atoms with Crippen molar-refractivity contribution in [1.82, 2.24) is 0 Å². The van der Waals surface area contributed by atoms with Crippen molar-refractivity contribution in [1.29, 1.82) is 0 Å². The number of carbonyl (C=O) groups is 3. The second kappa shape index (κ2) is 12.2. The van der Waals surface area contributed by atoms with Gasteiger partial charge in [0.1, 0.15) is 34.2 Å². The third-order valence-electron chi connectivity index (χ3n) is 5.23. The molecule has 3 aromatic carbocycles. The Morgan fingerprint density at radius 2 is 1.47 bits per heavy atom. The van der Waals surface area contributed by atoms with Crippen LogP contribution >= 0.6 is 0 Å². The summed E-state index contributed by atoms with van der Waals surface area (Å²) in [4.78, 5) is 37.9. The van der Waals surface area contributed by atoms with Crippen LogP contribution in [0.5, 0.6) is 17.2 Å². The monoisotopic (exact) mass is 534 g/mol. The van der Waals surface area contributed by atoms with E-state index in [0.29, 0.717) is 6.42 Å². The highest BCUT2D eigenvalue weighted by molar-refractivity contribution is 5.99. The highest BCUT2D eigenvalue weighted by Gasteiger charge is 2.43. The van der Waals surface area contributed by atoms with E-state index in [9.17, 15) is 37.1 Å². The van der Waals surface area contributed by atoms with Crippen LogP contribution in [-0.4, -0.2) is 35.3 Å². The molecule has 0 bridgehead atoms. The standard InChI is InChI=1S/C27H22F4O7/c1-2-3-11-22(27(29,30)31)38-26(35)23-19(28)8-6-10-21(23)37-25(34)18-7-4-5-9-20(18)36-24(33)16-12-14-17(32)15-13-16/h4-10,12-15,22,32H,2-3,11H2,1H3/t22-/m1/s1. The number of rotatable bonds is 9. The fourth-order valence-corrected chi connectivity index (χ4v) is 3.29. The Hall–Kier alpha value is -4.41. The van der Waals surface area contributed by atoms with Gasteiger partial charge in [-0.2, -0.15) is 13.2 Å². The van der Waals surface area contributed by atoms with Gasteiger partial charge in [-0.1, -0.05) is 31.5 Å². The number of benzene rings is 3. The van der Waals surface area contributed by atoms with E-state index in [0.717, 1.165) is 18.2 Å². The highest BCUT2D eigenvalue weighted by Crippen LogP contribution is 2.31. The number of phenols is 1. The van der Waals surface area contributed by atoms with Gasteiger partial charge in [0.15, 0.2) is 6.10 Å². The second-order valence-corrected chi connectivity index (χ2v) is 8.01. The molecule has 0 fully saturated rings. The van der Waals surface area contributed by atoms with E-state index in [1.54, 1.807) is 6.92 Å². The first-order chi connectivity index (χ1) is 18.0. The van der Waals surface area contributed by atoms with Crippen LogP contribution in [0.15, 0.2) is 66.7 Å². The van der Waals surface area contributed by atoms with Crippen molar-refractivity contribution in [2.75, 3.05) is 0 Å². The van der Waals surface area contributed by atoms with Crippen molar-refractivity contribution in [3.05, 3.63) is 89.2 Å². The van der Waals surface area contributed by atoms with Gasteiger partial charge in [0, 0.05) is 0 Å². The molecule has 0 amide bonds. The Bertz CT molecular complexity index is 1300. The summed E-state index contributed by atoms with van der Waals surface area (Å²) < 4.78 is 69.5. The Morgan fingerprint density at radius 3 is 2.13 bits per heavy atom. The van der Waals surface area contributed by atoms with Crippen LogP contribution < -0.4 is 9.47 Å². The number of aromatic hydroxyl groups is 1. The van der Waals surface area contributed by atoms with Crippen LogP contribution in [0.3, 0.4) is 0 Å². The predicted molar refractivity (Wildman–Crippen MR) is 126 cm³/mol. The number of hydrogen-bond acceptors (Lipinski definition) is 7. The Labute approximate surface area is 214 Å². The van der Waals surface area contributed by atoms with Crippen LogP contribution in [0.25, 0.3) is 0 Å². The predicted octanol–water partition coefficient (Wildman–Crippen LogP) is 6.25. The summed E-state index contributed by atoms with van der Waals surface area (Å²) in [5.74, 6) is -5.98. The minimum Gasteiger partial charge on any atom is -0.508 e. The maximum Gasteiger partial charge on any atom is 0.425 e. The summed E-state index contributed by atoms with van der Waals surface area (Å²) in [7, 11) is 0. The molecule has 0 aliphatic carbocycles. The summed E-state index contributed by atoms with van der Waals surface area (Å²) in [6, 6.07) is 13.4. The van der Waals surface area contributed by atoms with E-state index in [1.807, 2.05) is 0 Å². The van der Waals surface area contributed by atoms with Gasteiger partial charge in [0.25, 0.3) is 0 Å². The summed E-state index contributed by atoms with van der Waals surface area (Å²) in [5, 5.41) is 9.36. The molecule has 200 valence electrons. The number of ether oxygens (including phenoxy) is 3. The molecule has 0 aliphatic rings. The third-order valence-corrected chi connectivity index (χ3v) is 5.23. The summed E-state index contributed by atoms with van der Waals surface area (Å²) in [6.07, 6.45) is -7.36. The third kappa shape index (κ3) is 7.09. The van der Waals surface area contributed by atoms with Crippen LogP contribution in [0.4, 0.5) is 17.6 Å². The minimum absolute atomic E-state index is 0.0587. The van der Waals surface area contributed by atoms with E-state index in [4.69, 9.17) is 9.47 Å². The fraction of sp³-hybridized carbons (Fsp3) is 0.222. The fourth-order valence-electron chi connectivity index (χ4n) is 3.29. The van der Waals surface area contributed by atoms with Gasteiger partial charge in [-0.05, 0) is 61.4 Å². The number of para-hydroxylation sites is 1. The van der Waals surface area contributed by atoms with Gasteiger partial charge in [-0.15, -0.1) is 0 Å². The minimum atomic E-state index is -4.88. The average Bonchev–Trinajstić information content (AvgIpc) is 2.86. The van der Waals surface area contributed by atoms with E-state index in [2.05, 4.69) is 4.74 Å². The van der Waals surface area contributed by atoms with Gasteiger partial charge in [0.2, 0.25) is 0 Å². The number of halogens is 4. The SMILES string of the molecule is CCCC[C@@H](OC(=O)c1c(F)cccc1OC(=O)c1ccccc1OC(=O)c1ccc(O)cc1)C(F)(F)F. The molecule has 0 radical (unpaired) electrons. The molecule has 0 heterocycles. The zero-order chi connectivity index (χ0) is 27.9. The lowest BCUT2D eigenvalue weighted by Crippen LogP contribution is -2.34. The topological polar surface area (TPSA) is 99.1 Å². The van der Waals surface area contributed by atoms with E-state index in [-0.39, 0.29) is 29.0 Å². The van der Waals surface area contributed by atoms with Gasteiger partial charge in [0.05, 0.1) is 5.56 Å². The Morgan fingerprint density at radius 1 is 0.842 bits per heavy atom. The first-order valence-electron chi connectivity index (χ1n) is 11.4. The molecule has 0 saturated carbocycles. The lowest BCUT2D eigenvalue weighted by Gasteiger charge is -2.21. The van der Waals surface area contributed by atoms with Crippen molar-refractivity contribution >= 4 is 17.9 Å². The summed E-state index contributed by atoms with van der Waals surface area (Å²) in [5.41, 5.74) is -1.23. The molecule has 0 aliphatic heterocycles. The molecule has 7 nitrogen and oxygen atoms in total. The van der Waals surface area contributed by atoms with Gasteiger partial charge >= 0.3 is 24.1 Å². The number of alkyl halides is 3. The molecular formula is C27H22F4O7. The molecular weight excluding hydrogens is 512 g/mol. The van der Waals surface area contributed by atoms with E-state index >= 15 is 0 Å². The van der Waals surface area contributed by atoms with Crippen molar-refractivity contribution in [2.24, 2.45) is 0 Å². The first-order valence-corrected chi connectivity index (χ1v) is 11.4. The Balaban J connectivity index is 1.84. The molecule has 38 heavy (non-hydrogen) atoms. The van der Waals surface area contributed by atoms with Crippen LogP contribution in [0.2, 0.25) is 0 Å². The van der Waals surface area contributed by atoms with Crippen molar-refractivity contribution in [3.8, 4) is 17.2 Å². The van der Waals surface area contributed by atoms with Gasteiger partial charge < -0.3 is 19.3 Å². The quantitative estimate of drug-likeness (QED) is 0.197. The molecule has 0 saturated heterocycles. The highest BCUT2D eigenvalue weighted by atomic mass is 19.4. The van der Waals surface area contributed by atoms with Crippen LogP contribution in [0.1, 0.15) is 57.3 Å². The first kappa shape index (κ1) is 28.2. The number of phenolic OH excluding ortho intramolecular Hbond substituents is 1. The number of esters is 3. The lowest BCUT2D eigenvalue weighted by atomic mass is 10.1. The largest absolute Gasteiger partial charge is 0.508 e. The van der Waals surface area contributed by atoms with Gasteiger partial charge in [-0.25, -0.2) is 18.8 Å². The lowest BCUT2D eigenvalue weighted by molar-refractivity contribution is -0.206. The Kier molecular flexibility index (Phi) is 9.06. The van der Waals surface area contributed by atoms with Crippen molar-refractivity contribution in [3.63, 3.8) is 0 Å². The number of hydrogen-bond donors (Lipinski definition) is 1. The molecule has 1 N–H and O–H groups in total. The molecule has 1 atom stereocenters. The molecule has 3 aromatic rings. The zero-order valence-corrected chi connectivity index (χ0v) is 20.0. The molecule has 3 rings (SSSR count). The maximum atomic E-state index is 14.6. The average molecular weight is 534 g/mol. The maximum absolute atomic E-state index is 14.6. The molecule has 0 spiro atoms. The van der Waals surface area contributed by atoms with Crippen molar-refractivity contribution < 1.29 is 51.3 Å². The summed E-state index contributed by atoms with van der Waals surface area (Å²) >= 11 is 0. The molecule has 0 aromatic heterocycles.